The number of Topliss-reactive ketones (excluding diaryl/α,β-unsaturated/α-hetero) is 1. The summed E-state index contributed by atoms with van der Waals surface area (Å²) < 4.78 is 0. The third kappa shape index (κ3) is 2.40. The molecule has 0 saturated carbocycles. The van der Waals surface area contributed by atoms with Crippen LogP contribution in [0.1, 0.15) is 24.2 Å². The summed E-state index contributed by atoms with van der Waals surface area (Å²) in [6.07, 6.45) is 0. The van der Waals surface area contributed by atoms with Gasteiger partial charge in [0.15, 0.2) is 5.78 Å². The Bertz CT molecular complexity index is 340. The van der Waals surface area contributed by atoms with Gasteiger partial charge in [0.05, 0.1) is 15.7 Å². The molecule has 76 valence electrons. The van der Waals surface area contributed by atoms with Gasteiger partial charge in [-0.15, -0.1) is 0 Å². The van der Waals surface area contributed by atoms with E-state index in [4.69, 9.17) is 23.2 Å². The summed E-state index contributed by atoms with van der Waals surface area (Å²) in [7, 11) is 0. The summed E-state index contributed by atoms with van der Waals surface area (Å²) in [6.45, 7) is 4.17. The zero-order chi connectivity index (χ0) is 10.7. The Morgan fingerprint density at radius 2 is 1.86 bits per heavy atom. The lowest BCUT2D eigenvalue weighted by Crippen LogP contribution is -2.00. The second-order valence-corrected chi connectivity index (χ2v) is 3.72. The van der Waals surface area contributed by atoms with Gasteiger partial charge < -0.3 is 5.32 Å². The first kappa shape index (κ1) is 11.3. The van der Waals surface area contributed by atoms with Crippen LogP contribution < -0.4 is 5.32 Å². The molecular weight excluding hydrogens is 221 g/mol. The van der Waals surface area contributed by atoms with E-state index < -0.39 is 0 Å². The molecule has 0 radical (unpaired) electrons. The van der Waals surface area contributed by atoms with E-state index in [1.807, 2.05) is 6.92 Å². The van der Waals surface area contributed by atoms with Gasteiger partial charge in [-0.3, -0.25) is 4.79 Å². The van der Waals surface area contributed by atoms with Gasteiger partial charge in [0.1, 0.15) is 0 Å². The summed E-state index contributed by atoms with van der Waals surface area (Å²) in [5.74, 6) is -0.0446. The highest BCUT2D eigenvalue weighted by Gasteiger charge is 2.09. The fraction of sp³-hybridized carbons (Fsp3) is 0.300. The number of carbonyl (C=O) groups is 1. The van der Waals surface area contributed by atoms with Crippen molar-refractivity contribution in [3.05, 3.63) is 27.7 Å². The van der Waals surface area contributed by atoms with Crippen molar-refractivity contribution >= 4 is 34.7 Å². The quantitative estimate of drug-likeness (QED) is 0.806. The van der Waals surface area contributed by atoms with Gasteiger partial charge >= 0.3 is 0 Å². The van der Waals surface area contributed by atoms with Gasteiger partial charge in [-0.05, 0) is 26.0 Å². The molecule has 14 heavy (non-hydrogen) atoms. The molecule has 1 aromatic carbocycles. The first-order valence-electron chi connectivity index (χ1n) is 4.30. The Kier molecular flexibility index (Phi) is 3.78. The van der Waals surface area contributed by atoms with Crippen LogP contribution in [-0.4, -0.2) is 12.3 Å². The van der Waals surface area contributed by atoms with Crippen molar-refractivity contribution in [2.75, 3.05) is 11.9 Å². The number of benzene rings is 1. The number of hydrogen-bond donors (Lipinski definition) is 1. The highest BCUT2D eigenvalue weighted by Crippen LogP contribution is 2.31. The number of ketones is 1. The number of anilines is 1. The van der Waals surface area contributed by atoms with E-state index in [0.29, 0.717) is 21.3 Å². The summed E-state index contributed by atoms with van der Waals surface area (Å²) in [4.78, 5) is 11.1. The van der Waals surface area contributed by atoms with E-state index >= 15 is 0 Å². The minimum absolute atomic E-state index is 0.0446. The highest BCUT2D eigenvalue weighted by atomic mass is 35.5. The molecule has 2 nitrogen and oxygen atoms in total. The first-order chi connectivity index (χ1) is 6.56. The molecule has 0 amide bonds. The lowest BCUT2D eigenvalue weighted by Gasteiger charge is -2.09. The molecule has 4 heteroatoms. The molecule has 0 aromatic heterocycles. The average molecular weight is 232 g/mol. The van der Waals surface area contributed by atoms with Crippen LogP contribution >= 0.6 is 23.2 Å². The number of hydrogen-bond acceptors (Lipinski definition) is 2. The molecule has 0 atom stereocenters. The Morgan fingerprint density at radius 3 is 2.21 bits per heavy atom. The van der Waals surface area contributed by atoms with E-state index in [-0.39, 0.29) is 5.78 Å². The van der Waals surface area contributed by atoms with Crippen molar-refractivity contribution < 1.29 is 4.79 Å². The number of halogens is 2. The van der Waals surface area contributed by atoms with Gasteiger partial charge in [-0.25, -0.2) is 0 Å². The van der Waals surface area contributed by atoms with Crippen molar-refractivity contribution in [3.8, 4) is 0 Å². The first-order valence-corrected chi connectivity index (χ1v) is 5.05. The second kappa shape index (κ2) is 4.67. The molecule has 0 heterocycles. The molecule has 0 bridgehead atoms. The summed E-state index contributed by atoms with van der Waals surface area (Å²) >= 11 is 11.9. The molecule has 0 spiro atoms. The van der Waals surface area contributed by atoms with E-state index in [9.17, 15) is 4.79 Å². The molecule has 0 aliphatic heterocycles. The zero-order valence-electron chi connectivity index (χ0n) is 8.03. The maximum atomic E-state index is 11.1. The van der Waals surface area contributed by atoms with E-state index in [0.717, 1.165) is 6.54 Å². The smallest absolute Gasteiger partial charge is 0.159 e. The second-order valence-electron chi connectivity index (χ2n) is 2.90. The Labute approximate surface area is 93.2 Å². The molecule has 0 saturated heterocycles. The van der Waals surface area contributed by atoms with Crippen LogP contribution in [0.5, 0.6) is 0 Å². The maximum Gasteiger partial charge on any atom is 0.159 e. The van der Waals surface area contributed by atoms with Crippen molar-refractivity contribution in [3.63, 3.8) is 0 Å². The van der Waals surface area contributed by atoms with Crippen LogP contribution in [0.4, 0.5) is 5.69 Å². The van der Waals surface area contributed by atoms with Crippen LogP contribution in [0.3, 0.4) is 0 Å². The lowest BCUT2D eigenvalue weighted by atomic mass is 10.1. The van der Waals surface area contributed by atoms with E-state index in [1.165, 1.54) is 6.92 Å². The largest absolute Gasteiger partial charge is 0.383 e. The van der Waals surface area contributed by atoms with Gasteiger partial charge in [0, 0.05) is 12.1 Å². The van der Waals surface area contributed by atoms with E-state index in [2.05, 4.69) is 5.32 Å². The topological polar surface area (TPSA) is 29.1 Å². The number of carbonyl (C=O) groups excluding carboxylic acids is 1. The van der Waals surface area contributed by atoms with Crippen molar-refractivity contribution in [1.82, 2.24) is 0 Å². The number of nitrogens with one attached hydrogen (secondary N) is 1. The van der Waals surface area contributed by atoms with Gasteiger partial charge in [0.25, 0.3) is 0 Å². The van der Waals surface area contributed by atoms with Crippen LogP contribution in [0.15, 0.2) is 12.1 Å². The highest BCUT2D eigenvalue weighted by molar-refractivity contribution is 6.39. The standard InChI is InChI=1S/C10H11Cl2NO/c1-3-13-10-8(11)4-7(6(2)14)5-9(10)12/h4-5,13H,3H2,1-2H3. The molecule has 0 aliphatic carbocycles. The van der Waals surface area contributed by atoms with Crippen molar-refractivity contribution in [2.24, 2.45) is 0 Å². The minimum atomic E-state index is -0.0446. The average Bonchev–Trinajstić information content (AvgIpc) is 2.10. The van der Waals surface area contributed by atoms with Gasteiger partial charge in [0.2, 0.25) is 0 Å². The maximum absolute atomic E-state index is 11.1. The fourth-order valence-electron chi connectivity index (χ4n) is 1.12. The Morgan fingerprint density at radius 1 is 1.36 bits per heavy atom. The normalized spacial score (nSPS) is 10.0. The molecular formula is C10H11Cl2NO. The number of rotatable bonds is 3. The van der Waals surface area contributed by atoms with E-state index in [1.54, 1.807) is 12.1 Å². The molecule has 1 aromatic rings. The minimum Gasteiger partial charge on any atom is -0.383 e. The Balaban J connectivity index is 3.18. The molecule has 0 fully saturated rings. The van der Waals surface area contributed by atoms with Crippen LogP contribution in [0, 0.1) is 0 Å². The molecule has 1 N–H and O–H groups in total. The van der Waals surface area contributed by atoms with Crippen LogP contribution in [0.2, 0.25) is 10.0 Å². The summed E-state index contributed by atoms with van der Waals surface area (Å²) in [5, 5.41) is 3.99. The van der Waals surface area contributed by atoms with Gasteiger partial charge in [-0.2, -0.15) is 0 Å². The molecule has 0 aliphatic rings. The van der Waals surface area contributed by atoms with Crippen LogP contribution in [-0.2, 0) is 0 Å². The third-order valence-electron chi connectivity index (χ3n) is 1.80. The monoisotopic (exact) mass is 231 g/mol. The summed E-state index contributed by atoms with van der Waals surface area (Å²) in [5.41, 5.74) is 1.21. The fourth-order valence-corrected chi connectivity index (χ4v) is 1.74. The predicted octanol–water partition coefficient (Wildman–Crippen LogP) is 3.63. The predicted molar refractivity (Wildman–Crippen MR) is 60.6 cm³/mol. The SMILES string of the molecule is CCNc1c(Cl)cc(C(C)=O)cc1Cl. The van der Waals surface area contributed by atoms with Crippen LogP contribution in [0.25, 0.3) is 0 Å². The molecule has 0 unspecified atom stereocenters. The third-order valence-corrected chi connectivity index (χ3v) is 2.40. The summed E-state index contributed by atoms with van der Waals surface area (Å²) in [6, 6.07) is 3.24. The van der Waals surface area contributed by atoms with Crippen molar-refractivity contribution in [1.29, 1.82) is 0 Å². The molecule has 1 rings (SSSR count). The Hall–Kier alpha value is -0.730. The zero-order valence-corrected chi connectivity index (χ0v) is 9.54. The van der Waals surface area contributed by atoms with Gasteiger partial charge in [-0.1, -0.05) is 23.2 Å². The van der Waals surface area contributed by atoms with Crippen molar-refractivity contribution in [2.45, 2.75) is 13.8 Å². The lowest BCUT2D eigenvalue weighted by molar-refractivity contribution is 0.101.